The summed E-state index contributed by atoms with van der Waals surface area (Å²) in [6.07, 6.45) is 0.177. The second-order valence-electron chi connectivity index (χ2n) is 9.71. The zero-order valence-electron chi connectivity index (χ0n) is 21.8. The molecule has 0 saturated carbocycles. The van der Waals surface area contributed by atoms with E-state index in [-0.39, 0.29) is 30.7 Å². The first-order valence-electron chi connectivity index (χ1n) is 12.4. The minimum Gasteiger partial charge on any atom is -0.484 e. The van der Waals surface area contributed by atoms with Gasteiger partial charge in [0.25, 0.3) is 5.91 Å². The van der Waals surface area contributed by atoms with Crippen LogP contribution in [0.3, 0.4) is 0 Å². The van der Waals surface area contributed by atoms with Crippen LogP contribution in [0, 0.1) is 33.6 Å². The Labute approximate surface area is 217 Å². The van der Waals surface area contributed by atoms with Crippen molar-refractivity contribution < 1.29 is 19.1 Å². The van der Waals surface area contributed by atoms with Crippen LogP contribution in [0.15, 0.2) is 60.7 Å². The van der Waals surface area contributed by atoms with Gasteiger partial charge in [-0.15, -0.1) is 0 Å². The van der Waals surface area contributed by atoms with Crippen LogP contribution >= 0.6 is 0 Å². The standard InChI is InChI=1S/C30H33N3O4/c1-19-5-7-23(8-6-19)16-31-30(36)24-15-28(35)33(17-24)25-9-11-26(12-10-25)37-18-27(34)32-29-21(3)13-20(2)14-22(29)4/h5-14,24H,15-18H2,1-4H3,(H,31,36)(H,32,34)/t24-/m1/s1. The van der Waals surface area contributed by atoms with E-state index >= 15 is 0 Å². The molecule has 0 unspecified atom stereocenters. The summed E-state index contributed by atoms with van der Waals surface area (Å²) >= 11 is 0. The van der Waals surface area contributed by atoms with Gasteiger partial charge >= 0.3 is 0 Å². The summed E-state index contributed by atoms with van der Waals surface area (Å²) in [6.45, 7) is 8.61. The van der Waals surface area contributed by atoms with E-state index in [1.165, 1.54) is 5.56 Å². The van der Waals surface area contributed by atoms with Crippen LogP contribution in [0.4, 0.5) is 11.4 Å². The van der Waals surface area contributed by atoms with E-state index < -0.39 is 5.92 Å². The molecule has 3 aromatic rings. The van der Waals surface area contributed by atoms with E-state index in [4.69, 9.17) is 4.74 Å². The molecule has 1 fully saturated rings. The second-order valence-corrected chi connectivity index (χ2v) is 9.71. The molecule has 0 bridgehead atoms. The molecule has 1 heterocycles. The van der Waals surface area contributed by atoms with Crippen molar-refractivity contribution in [2.24, 2.45) is 5.92 Å². The van der Waals surface area contributed by atoms with Crippen LogP contribution in [0.1, 0.15) is 34.2 Å². The number of hydrogen-bond acceptors (Lipinski definition) is 4. The molecule has 1 aliphatic heterocycles. The van der Waals surface area contributed by atoms with E-state index in [1.807, 2.05) is 64.1 Å². The van der Waals surface area contributed by atoms with Gasteiger partial charge < -0.3 is 20.3 Å². The van der Waals surface area contributed by atoms with Crippen molar-refractivity contribution in [3.63, 3.8) is 0 Å². The molecule has 0 spiro atoms. The molecule has 3 aromatic carbocycles. The fraction of sp³-hybridized carbons (Fsp3) is 0.300. The monoisotopic (exact) mass is 499 g/mol. The summed E-state index contributed by atoms with van der Waals surface area (Å²) in [5, 5.41) is 5.86. The van der Waals surface area contributed by atoms with Gasteiger partial charge in [-0.1, -0.05) is 47.5 Å². The Balaban J connectivity index is 1.28. The molecular weight excluding hydrogens is 466 g/mol. The smallest absolute Gasteiger partial charge is 0.262 e. The minimum atomic E-state index is -0.397. The third-order valence-electron chi connectivity index (χ3n) is 6.54. The second kappa shape index (κ2) is 11.3. The van der Waals surface area contributed by atoms with Crippen molar-refractivity contribution in [3.05, 3.63) is 88.5 Å². The number of amides is 3. The van der Waals surface area contributed by atoms with Gasteiger partial charge in [-0.2, -0.15) is 0 Å². The molecule has 0 aliphatic carbocycles. The van der Waals surface area contributed by atoms with Crippen molar-refractivity contribution in [3.8, 4) is 5.75 Å². The molecule has 0 radical (unpaired) electrons. The Bertz CT molecular complexity index is 1280. The highest BCUT2D eigenvalue weighted by atomic mass is 16.5. The van der Waals surface area contributed by atoms with Crippen molar-refractivity contribution in [1.82, 2.24) is 5.32 Å². The number of nitrogens with one attached hydrogen (secondary N) is 2. The summed E-state index contributed by atoms with van der Waals surface area (Å²) in [4.78, 5) is 39.3. The SMILES string of the molecule is Cc1ccc(CNC(=O)[C@@H]2CC(=O)N(c3ccc(OCC(=O)Nc4c(C)cc(C)cc4C)cc3)C2)cc1. The van der Waals surface area contributed by atoms with Crippen molar-refractivity contribution in [1.29, 1.82) is 0 Å². The molecule has 1 saturated heterocycles. The van der Waals surface area contributed by atoms with Crippen molar-refractivity contribution >= 4 is 29.1 Å². The van der Waals surface area contributed by atoms with E-state index in [2.05, 4.69) is 10.6 Å². The van der Waals surface area contributed by atoms with E-state index in [1.54, 1.807) is 29.2 Å². The summed E-state index contributed by atoms with van der Waals surface area (Å²) in [5.41, 5.74) is 6.85. The quantitative estimate of drug-likeness (QED) is 0.474. The lowest BCUT2D eigenvalue weighted by atomic mass is 10.1. The van der Waals surface area contributed by atoms with Gasteiger partial charge in [-0.25, -0.2) is 0 Å². The number of rotatable bonds is 8. The molecule has 3 amide bonds. The molecular formula is C30H33N3O4. The Hall–Kier alpha value is -4.13. The fourth-order valence-corrected chi connectivity index (χ4v) is 4.60. The predicted octanol–water partition coefficient (Wildman–Crippen LogP) is 4.61. The summed E-state index contributed by atoms with van der Waals surface area (Å²) in [7, 11) is 0. The lowest BCUT2D eigenvalue weighted by Gasteiger charge is -2.17. The highest BCUT2D eigenvalue weighted by Crippen LogP contribution is 2.27. The molecule has 37 heavy (non-hydrogen) atoms. The first-order chi connectivity index (χ1) is 17.7. The van der Waals surface area contributed by atoms with Gasteiger partial charge in [0.05, 0.1) is 5.92 Å². The van der Waals surface area contributed by atoms with Gasteiger partial charge in [0.1, 0.15) is 5.75 Å². The molecule has 4 rings (SSSR count). The first-order valence-corrected chi connectivity index (χ1v) is 12.4. The maximum atomic E-state index is 12.7. The number of nitrogens with zero attached hydrogens (tertiary/aromatic N) is 1. The number of benzene rings is 3. The predicted molar refractivity (Wildman–Crippen MR) is 145 cm³/mol. The Morgan fingerprint density at radius 2 is 1.57 bits per heavy atom. The average molecular weight is 500 g/mol. The minimum absolute atomic E-state index is 0.0904. The third-order valence-corrected chi connectivity index (χ3v) is 6.54. The number of hydrogen-bond donors (Lipinski definition) is 2. The molecule has 2 N–H and O–H groups in total. The van der Waals surface area contributed by atoms with Crippen LogP contribution < -0.4 is 20.3 Å². The van der Waals surface area contributed by atoms with E-state index in [9.17, 15) is 14.4 Å². The fourth-order valence-electron chi connectivity index (χ4n) is 4.60. The molecule has 192 valence electrons. The summed E-state index contributed by atoms with van der Waals surface area (Å²) in [6, 6.07) is 19.0. The average Bonchev–Trinajstić information content (AvgIpc) is 3.26. The van der Waals surface area contributed by atoms with E-state index in [0.717, 1.165) is 27.9 Å². The lowest BCUT2D eigenvalue weighted by molar-refractivity contribution is -0.126. The Morgan fingerprint density at radius 3 is 2.22 bits per heavy atom. The number of anilines is 2. The number of carbonyl (C=O) groups is 3. The third kappa shape index (κ3) is 6.55. The Kier molecular flexibility index (Phi) is 7.92. The molecule has 1 aliphatic rings. The number of ether oxygens (including phenoxy) is 1. The van der Waals surface area contributed by atoms with Crippen LogP contribution in [0.2, 0.25) is 0 Å². The zero-order valence-corrected chi connectivity index (χ0v) is 21.8. The van der Waals surface area contributed by atoms with Crippen LogP contribution in [-0.2, 0) is 20.9 Å². The normalized spacial score (nSPS) is 15.0. The topological polar surface area (TPSA) is 87.7 Å². The molecule has 1 atom stereocenters. The maximum absolute atomic E-state index is 12.7. The van der Waals surface area contributed by atoms with Gasteiger partial charge in [0.2, 0.25) is 11.8 Å². The highest BCUT2D eigenvalue weighted by molar-refractivity contribution is 6.00. The van der Waals surface area contributed by atoms with Crippen LogP contribution in [0.5, 0.6) is 5.75 Å². The van der Waals surface area contributed by atoms with Crippen LogP contribution in [-0.4, -0.2) is 30.9 Å². The summed E-state index contributed by atoms with van der Waals surface area (Å²) < 4.78 is 5.65. The van der Waals surface area contributed by atoms with Crippen LogP contribution in [0.25, 0.3) is 0 Å². The zero-order chi connectivity index (χ0) is 26.5. The van der Waals surface area contributed by atoms with Crippen molar-refractivity contribution in [2.45, 2.75) is 40.7 Å². The number of carbonyl (C=O) groups excluding carboxylic acids is 3. The molecule has 7 nitrogen and oxygen atoms in total. The molecule has 7 heteroatoms. The van der Waals surface area contributed by atoms with Gasteiger partial charge in [0, 0.05) is 30.9 Å². The Morgan fingerprint density at radius 1 is 0.919 bits per heavy atom. The highest BCUT2D eigenvalue weighted by Gasteiger charge is 2.35. The maximum Gasteiger partial charge on any atom is 0.262 e. The largest absolute Gasteiger partial charge is 0.484 e. The molecule has 0 aromatic heterocycles. The summed E-state index contributed by atoms with van der Waals surface area (Å²) in [5.74, 6) is -0.330. The van der Waals surface area contributed by atoms with E-state index in [0.29, 0.717) is 24.5 Å². The first kappa shape index (κ1) is 25.9. The lowest BCUT2D eigenvalue weighted by Crippen LogP contribution is -2.32. The van der Waals surface area contributed by atoms with Crippen molar-refractivity contribution in [2.75, 3.05) is 23.4 Å². The van der Waals surface area contributed by atoms with Gasteiger partial charge in [-0.05, 0) is 68.7 Å². The van der Waals surface area contributed by atoms with Gasteiger partial charge in [-0.3, -0.25) is 14.4 Å². The number of aryl methyl sites for hydroxylation is 4. The van der Waals surface area contributed by atoms with Gasteiger partial charge in [0.15, 0.2) is 6.61 Å².